The second-order valence-corrected chi connectivity index (χ2v) is 8.37. The highest BCUT2D eigenvalue weighted by Gasteiger charge is 2.43. The van der Waals surface area contributed by atoms with E-state index in [-0.39, 0.29) is 31.9 Å². The molecule has 186 valence electrons. The van der Waals surface area contributed by atoms with Gasteiger partial charge in [-0.25, -0.2) is 4.79 Å². The predicted octanol–water partition coefficient (Wildman–Crippen LogP) is 5.43. The Kier molecular flexibility index (Phi) is 10.1. The Morgan fingerprint density at radius 1 is 1.11 bits per heavy atom. The van der Waals surface area contributed by atoms with Crippen molar-refractivity contribution in [2.24, 2.45) is 11.0 Å². The minimum absolute atomic E-state index is 0.0402. The molecule has 9 heteroatoms. The summed E-state index contributed by atoms with van der Waals surface area (Å²) in [6.45, 7) is 8.16. The van der Waals surface area contributed by atoms with Crippen LogP contribution in [0.2, 0.25) is 0 Å². The van der Waals surface area contributed by atoms with Crippen LogP contribution in [0.3, 0.4) is 0 Å². The van der Waals surface area contributed by atoms with Crippen LogP contribution in [0.25, 0.3) is 10.4 Å². The van der Waals surface area contributed by atoms with Gasteiger partial charge in [0.15, 0.2) is 6.29 Å². The van der Waals surface area contributed by atoms with Gasteiger partial charge in [-0.3, -0.25) is 4.90 Å². The monoisotopic (exact) mass is 480 g/mol. The molecule has 0 spiro atoms. The minimum atomic E-state index is -0.896. The van der Waals surface area contributed by atoms with Gasteiger partial charge in [-0.15, -0.1) is 6.58 Å². The molecular weight excluding hydrogens is 448 g/mol. The van der Waals surface area contributed by atoms with Crippen LogP contribution in [0.1, 0.15) is 25.0 Å². The number of carbonyl (C=O) groups excluding carboxylic acids is 1. The first kappa shape index (κ1) is 26.2. The van der Waals surface area contributed by atoms with E-state index in [1.807, 2.05) is 74.5 Å². The van der Waals surface area contributed by atoms with E-state index in [9.17, 15) is 4.79 Å². The van der Waals surface area contributed by atoms with Crippen LogP contribution in [0.5, 0.6) is 0 Å². The van der Waals surface area contributed by atoms with Crippen molar-refractivity contribution in [2.45, 2.75) is 51.5 Å². The molecule has 0 radical (unpaired) electrons. The highest BCUT2D eigenvalue weighted by molar-refractivity contribution is 5.67. The maximum atomic E-state index is 13.0. The first-order valence-corrected chi connectivity index (χ1v) is 11.6. The average Bonchev–Trinajstić information content (AvgIpc) is 2.88. The number of nitrogens with zero attached hydrogens (tertiary/aromatic N) is 4. The number of benzene rings is 2. The maximum Gasteiger partial charge on any atom is 0.412 e. The number of hydrogen-bond donors (Lipinski definition) is 0. The van der Waals surface area contributed by atoms with Crippen molar-refractivity contribution < 1.29 is 23.7 Å². The Balaban J connectivity index is 1.72. The molecular formula is C26H32N4O5. The third-order valence-corrected chi connectivity index (χ3v) is 5.89. The first-order chi connectivity index (χ1) is 17.0. The molecule has 1 aliphatic heterocycles. The van der Waals surface area contributed by atoms with Crippen LogP contribution in [0, 0.1) is 5.92 Å². The summed E-state index contributed by atoms with van der Waals surface area (Å²) >= 11 is 0. The summed E-state index contributed by atoms with van der Waals surface area (Å²) < 4.78 is 23.5. The molecule has 35 heavy (non-hydrogen) atoms. The molecule has 0 bridgehead atoms. The van der Waals surface area contributed by atoms with Gasteiger partial charge in [0.05, 0.1) is 25.4 Å². The van der Waals surface area contributed by atoms with Crippen molar-refractivity contribution in [2.75, 3.05) is 13.3 Å². The molecule has 2 aromatic rings. The van der Waals surface area contributed by atoms with E-state index in [4.69, 9.17) is 24.5 Å². The molecule has 1 aliphatic rings. The van der Waals surface area contributed by atoms with Gasteiger partial charge in [0.25, 0.3) is 0 Å². The zero-order valence-electron chi connectivity index (χ0n) is 20.1. The summed E-state index contributed by atoms with van der Waals surface area (Å²) in [6, 6.07) is 18.3. The molecule has 2 aromatic carbocycles. The van der Waals surface area contributed by atoms with E-state index in [1.54, 1.807) is 6.08 Å². The lowest BCUT2D eigenvalue weighted by molar-refractivity contribution is -0.254. The van der Waals surface area contributed by atoms with Crippen LogP contribution < -0.4 is 0 Å². The van der Waals surface area contributed by atoms with Crippen molar-refractivity contribution in [3.63, 3.8) is 0 Å². The Morgan fingerprint density at radius 2 is 1.77 bits per heavy atom. The van der Waals surface area contributed by atoms with Gasteiger partial charge in [-0.2, -0.15) is 0 Å². The van der Waals surface area contributed by atoms with Crippen molar-refractivity contribution in [1.82, 2.24) is 4.90 Å². The minimum Gasteiger partial charge on any atom is -0.444 e. The van der Waals surface area contributed by atoms with Crippen molar-refractivity contribution in [3.8, 4) is 0 Å². The fourth-order valence-electron chi connectivity index (χ4n) is 3.84. The number of carbonyl (C=O) groups is 1. The van der Waals surface area contributed by atoms with E-state index in [1.165, 1.54) is 4.90 Å². The van der Waals surface area contributed by atoms with E-state index in [2.05, 4.69) is 16.6 Å². The smallest absolute Gasteiger partial charge is 0.412 e. The Hall–Kier alpha value is -3.36. The number of rotatable bonds is 11. The molecule has 1 heterocycles. The molecule has 0 N–H and O–H groups in total. The fraction of sp³-hybridized carbons (Fsp3) is 0.423. The molecule has 0 saturated carbocycles. The van der Waals surface area contributed by atoms with Crippen molar-refractivity contribution >= 4 is 6.09 Å². The van der Waals surface area contributed by atoms with E-state index in [0.717, 1.165) is 11.1 Å². The van der Waals surface area contributed by atoms with Crippen LogP contribution in [0.15, 0.2) is 78.4 Å². The average molecular weight is 481 g/mol. The van der Waals surface area contributed by atoms with Crippen LogP contribution >= 0.6 is 0 Å². The van der Waals surface area contributed by atoms with Crippen molar-refractivity contribution in [3.05, 3.63) is 94.9 Å². The predicted molar refractivity (Wildman–Crippen MR) is 131 cm³/mol. The Bertz CT molecular complexity index is 984. The zero-order valence-corrected chi connectivity index (χ0v) is 20.1. The van der Waals surface area contributed by atoms with Gasteiger partial charge in [-0.05, 0) is 23.6 Å². The van der Waals surface area contributed by atoms with Gasteiger partial charge in [0, 0.05) is 10.8 Å². The SMILES string of the molecule is C=CCO[C@@H]1C(N=[N+]=[N-])[C@H](OCN(Cc2ccccc2)C(=O)OCc2ccccc2)OC(C)[C@H]1C. The fourth-order valence-corrected chi connectivity index (χ4v) is 3.84. The van der Waals surface area contributed by atoms with Gasteiger partial charge in [-0.1, -0.05) is 78.8 Å². The molecule has 9 nitrogen and oxygen atoms in total. The van der Waals surface area contributed by atoms with Gasteiger partial charge < -0.3 is 18.9 Å². The molecule has 0 aromatic heterocycles. The van der Waals surface area contributed by atoms with Gasteiger partial charge >= 0.3 is 6.09 Å². The molecule has 1 amide bonds. The molecule has 1 saturated heterocycles. The molecule has 0 aliphatic carbocycles. The highest BCUT2D eigenvalue weighted by Crippen LogP contribution is 2.31. The lowest BCUT2D eigenvalue weighted by atomic mass is 9.90. The van der Waals surface area contributed by atoms with E-state index < -0.39 is 24.5 Å². The summed E-state index contributed by atoms with van der Waals surface area (Å²) in [5.41, 5.74) is 11.0. The lowest BCUT2D eigenvalue weighted by Crippen LogP contribution is -2.54. The quantitative estimate of drug-likeness (QED) is 0.140. The standard InChI is InChI=1S/C26H32N4O5/c1-4-15-32-24-19(2)20(3)35-25(23(24)28-29-27)34-18-30(16-21-11-7-5-8-12-21)26(31)33-17-22-13-9-6-10-14-22/h4-14,19-20,23-25H,1,15-18H2,2-3H3/t19-,20?,23?,24+,25-/m1/s1. The first-order valence-electron chi connectivity index (χ1n) is 11.6. The van der Waals surface area contributed by atoms with Crippen molar-refractivity contribution in [1.29, 1.82) is 0 Å². The summed E-state index contributed by atoms with van der Waals surface area (Å²) in [4.78, 5) is 17.4. The molecule has 5 atom stereocenters. The third-order valence-electron chi connectivity index (χ3n) is 5.89. The Morgan fingerprint density at radius 3 is 2.40 bits per heavy atom. The summed E-state index contributed by atoms with van der Waals surface area (Å²) in [7, 11) is 0. The lowest BCUT2D eigenvalue weighted by Gasteiger charge is -2.43. The largest absolute Gasteiger partial charge is 0.444 e. The Labute approximate surface area is 205 Å². The maximum absolute atomic E-state index is 13.0. The number of azide groups is 1. The number of hydrogen-bond acceptors (Lipinski definition) is 6. The van der Waals surface area contributed by atoms with Gasteiger partial charge in [0.1, 0.15) is 19.4 Å². The van der Waals surface area contributed by atoms with Crippen LogP contribution in [-0.2, 0) is 32.1 Å². The summed E-state index contributed by atoms with van der Waals surface area (Å²) in [5, 5.41) is 3.90. The number of amides is 1. The zero-order chi connectivity index (χ0) is 25.0. The third kappa shape index (κ3) is 7.56. The van der Waals surface area contributed by atoms with E-state index in [0.29, 0.717) is 6.61 Å². The number of ether oxygens (including phenoxy) is 4. The molecule has 2 unspecified atom stereocenters. The second-order valence-electron chi connectivity index (χ2n) is 8.37. The van der Waals surface area contributed by atoms with Gasteiger partial charge in [0.2, 0.25) is 0 Å². The summed E-state index contributed by atoms with van der Waals surface area (Å²) in [6.07, 6.45) is -0.431. The summed E-state index contributed by atoms with van der Waals surface area (Å²) in [5.74, 6) is -0.0402. The van der Waals surface area contributed by atoms with Crippen LogP contribution in [-0.4, -0.2) is 48.9 Å². The van der Waals surface area contributed by atoms with Crippen LogP contribution in [0.4, 0.5) is 4.79 Å². The highest BCUT2D eigenvalue weighted by atomic mass is 16.7. The second kappa shape index (κ2) is 13.5. The topological polar surface area (TPSA) is 106 Å². The van der Waals surface area contributed by atoms with E-state index >= 15 is 0 Å². The molecule has 1 fully saturated rings. The normalized spacial score (nSPS) is 23.7. The molecule has 3 rings (SSSR count).